The van der Waals surface area contributed by atoms with Gasteiger partial charge in [0.15, 0.2) is 10.8 Å². The van der Waals surface area contributed by atoms with Gasteiger partial charge >= 0.3 is 0 Å². The molecule has 174 valence electrons. The monoisotopic (exact) mass is 474 g/mol. The van der Waals surface area contributed by atoms with Crippen molar-refractivity contribution < 1.29 is 9.53 Å². The van der Waals surface area contributed by atoms with Gasteiger partial charge in [-0.15, -0.1) is 16.4 Å². The smallest absolute Gasteiger partial charge is 0.228 e. The zero-order chi connectivity index (χ0) is 23.1. The van der Waals surface area contributed by atoms with Crippen LogP contribution in [0.3, 0.4) is 0 Å². The largest absolute Gasteiger partial charge is 0.497 e. The predicted molar refractivity (Wildman–Crippen MR) is 132 cm³/mol. The number of fused-ring (bicyclic) bond motifs is 2. The van der Waals surface area contributed by atoms with Gasteiger partial charge in [0, 0.05) is 49.0 Å². The van der Waals surface area contributed by atoms with Crippen LogP contribution in [0.25, 0.3) is 16.2 Å². The molecular formula is C25H26N6O2S. The minimum absolute atomic E-state index is 0.152. The van der Waals surface area contributed by atoms with E-state index in [4.69, 9.17) is 9.72 Å². The van der Waals surface area contributed by atoms with E-state index in [-0.39, 0.29) is 5.91 Å². The highest BCUT2D eigenvalue weighted by Gasteiger charge is 2.24. The fourth-order valence-corrected chi connectivity index (χ4v) is 5.65. The zero-order valence-electron chi connectivity index (χ0n) is 19.1. The van der Waals surface area contributed by atoms with Crippen molar-refractivity contribution in [2.24, 2.45) is 0 Å². The molecule has 34 heavy (non-hydrogen) atoms. The Kier molecular flexibility index (Phi) is 5.41. The fraction of sp³-hybridized carbons (Fsp3) is 0.360. The van der Waals surface area contributed by atoms with E-state index in [1.807, 2.05) is 45.1 Å². The number of thiazole rings is 1. The molecule has 0 N–H and O–H groups in total. The van der Waals surface area contributed by atoms with Gasteiger partial charge in [-0.1, -0.05) is 0 Å². The molecule has 0 bridgehead atoms. The van der Waals surface area contributed by atoms with Crippen LogP contribution < -0.4 is 9.64 Å². The van der Waals surface area contributed by atoms with Crippen molar-refractivity contribution in [2.45, 2.75) is 25.7 Å². The number of imidazole rings is 1. The van der Waals surface area contributed by atoms with Crippen LogP contribution in [0, 0.1) is 0 Å². The Morgan fingerprint density at radius 1 is 1.09 bits per heavy atom. The minimum atomic E-state index is 0.152. The van der Waals surface area contributed by atoms with Crippen LogP contribution in [0.15, 0.2) is 41.9 Å². The van der Waals surface area contributed by atoms with Gasteiger partial charge in [-0.2, -0.15) is 5.10 Å². The van der Waals surface area contributed by atoms with Gasteiger partial charge < -0.3 is 14.5 Å². The maximum absolute atomic E-state index is 13.1. The summed E-state index contributed by atoms with van der Waals surface area (Å²) in [4.78, 5) is 22.9. The Morgan fingerprint density at radius 3 is 2.71 bits per heavy atom. The average Bonchev–Trinajstić information content (AvgIpc) is 3.61. The second-order valence-electron chi connectivity index (χ2n) is 8.81. The van der Waals surface area contributed by atoms with Gasteiger partial charge in [-0.3, -0.25) is 9.20 Å². The normalized spacial score (nSPS) is 15.7. The van der Waals surface area contributed by atoms with Gasteiger partial charge in [0.2, 0.25) is 5.91 Å². The molecular weight excluding hydrogens is 448 g/mol. The van der Waals surface area contributed by atoms with Gasteiger partial charge in [0.05, 0.1) is 24.9 Å². The molecule has 1 amide bonds. The van der Waals surface area contributed by atoms with Crippen LogP contribution in [-0.4, -0.2) is 63.7 Å². The number of ether oxygens (including phenoxy) is 1. The summed E-state index contributed by atoms with van der Waals surface area (Å²) >= 11 is 1.57. The van der Waals surface area contributed by atoms with Crippen LogP contribution >= 0.6 is 11.3 Å². The van der Waals surface area contributed by atoms with Crippen molar-refractivity contribution in [1.82, 2.24) is 24.5 Å². The van der Waals surface area contributed by atoms with Gasteiger partial charge in [0.25, 0.3) is 0 Å². The van der Waals surface area contributed by atoms with E-state index in [1.54, 1.807) is 18.4 Å². The molecule has 1 fully saturated rings. The molecule has 0 saturated carbocycles. The Balaban J connectivity index is 1.11. The number of hydrogen-bond acceptors (Lipinski definition) is 7. The Bertz CT molecular complexity index is 1340. The lowest BCUT2D eigenvalue weighted by molar-refractivity contribution is -0.130. The number of methoxy groups -OCH3 is 1. The molecule has 0 unspecified atom stereocenters. The number of carbonyl (C=O) groups excluding carboxylic acids is 1. The highest BCUT2D eigenvalue weighted by atomic mass is 32.1. The highest BCUT2D eigenvalue weighted by Crippen LogP contribution is 2.26. The average molecular weight is 475 g/mol. The summed E-state index contributed by atoms with van der Waals surface area (Å²) in [6.07, 6.45) is 5.70. The first-order valence-electron chi connectivity index (χ1n) is 11.7. The minimum Gasteiger partial charge on any atom is -0.497 e. The molecule has 2 aliphatic rings. The van der Waals surface area contributed by atoms with Crippen LogP contribution in [0.2, 0.25) is 0 Å². The van der Waals surface area contributed by atoms with Crippen LogP contribution in [0.1, 0.15) is 23.4 Å². The number of piperazine rings is 1. The second kappa shape index (κ2) is 8.72. The van der Waals surface area contributed by atoms with Crippen molar-refractivity contribution in [1.29, 1.82) is 0 Å². The summed E-state index contributed by atoms with van der Waals surface area (Å²) < 4.78 is 7.28. The lowest BCUT2D eigenvalue weighted by Gasteiger charge is -2.35. The molecule has 3 aromatic heterocycles. The summed E-state index contributed by atoms with van der Waals surface area (Å²) in [5.41, 5.74) is 5.38. The molecule has 0 spiro atoms. The van der Waals surface area contributed by atoms with E-state index in [9.17, 15) is 4.79 Å². The molecule has 1 aliphatic carbocycles. The Morgan fingerprint density at radius 2 is 1.91 bits per heavy atom. The van der Waals surface area contributed by atoms with Gasteiger partial charge in [-0.25, -0.2) is 4.98 Å². The summed E-state index contributed by atoms with van der Waals surface area (Å²) in [7, 11) is 1.66. The predicted octanol–water partition coefficient (Wildman–Crippen LogP) is 3.24. The Labute approximate surface area is 201 Å². The fourth-order valence-electron chi connectivity index (χ4n) is 4.78. The number of benzene rings is 1. The quantitative estimate of drug-likeness (QED) is 0.442. The van der Waals surface area contributed by atoms with E-state index in [2.05, 4.69) is 21.2 Å². The highest BCUT2D eigenvalue weighted by molar-refractivity contribution is 7.15. The Hall–Kier alpha value is -3.46. The van der Waals surface area contributed by atoms with Gasteiger partial charge in [0.1, 0.15) is 5.75 Å². The zero-order valence-corrected chi connectivity index (χ0v) is 19.9. The lowest BCUT2D eigenvalue weighted by atomic mass is 10.1. The lowest BCUT2D eigenvalue weighted by Crippen LogP contribution is -2.49. The molecule has 1 aliphatic heterocycles. The van der Waals surface area contributed by atoms with E-state index >= 15 is 0 Å². The number of amides is 1. The molecule has 4 heterocycles. The number of hydrogen-bond donors (Lipinski definition) is 0. The standard InChI is InChI=1S/C25H26N6O2S/c1-33-20-7-5-17(6-8-20)22-15-31-19(16-34-25(31)26-22)14-24(32)30-11-9-29(10-12-30)23-13-18-3-2-4-21(18)27-28-23/h5-8,13,15-16H,2-4,9-12,14H2,1H3. The van der Waals surface area contributed by atoms with Crippen molar-refractivity contribution in [2.75, 3.05) is 38.2 Å². The third-order valence-electron chi connectivity index (χ3n) is 6.76. The number of rotatable bonds is 5. The van der Waals surface area contributed by atoms with E-state index in [0.29, 0.717) is 19.5 Å². The first-order valence-corrected chi connectivity index (χ1v) is 12.5. The summed E-state index contributed by atoms with van der Waals surface area (Å²) in [5, 5.41) is 10.9. The summed E-state index contributed by atoms with van der Waals surface area (Å²) in [5.74, 6) is 1.91. The maximum Gasteiger partial charge on any atom is 0.228 e. The molecule has 8 nitrogen and oxygen atoms in total. The van der Waals surface area contributed by atoms with E-state index in [1.165, 1.54) is 12.0 Å². The van der Waals surface area contributed by atoms with Crippen molar-refractivity contribution in [3.05, 3.63) is 58.9 Å². The molecule has 1 aromatic carbocycles. The van der Waals surface area contributed by atoms with Crippen molar-refractivity contribution in [3.8, 4) is 17.0 Å². The van der Waals surface area contributed by atoms with Crippen LogP contribution in [0.5, 0.6) is 5.75 Å². The van der Waals surface area contributed by atoms with E-state index in [0.717, 1.165) is 65.1 Å². The first kappa shape index (κ1) is 21.1. The third kappa shape index (κ3) is 3.90. The van der Waals surface area contributed by atoms with Crippen molar-refractivity contribution in [3.63, 3.8) is 0 Å². The maximum atomic E-state index is 13.1. The second-order valence-corrected chi connectivity index (χ2v) is 9.64. The van der Waals surface area contributed by atoms with E-state index < -0.39 is 0 Å². The van der Waals surface area contributed by atoms with Gasteiger partial charge in [-0.05, 0) is 55.2 Å². The summed E-state index contributed by atoms with van der Waals surface area (Å²) in [6.45, 7) is 2.97. The molecule has 0 atom stereocenters. The SMILES string of the molecule is COc1ccc(-c2cn3c(CC(=O)N4CCN(c5cc6c(nn5)CCC6)CC4)csc3n2)cc1. The van der Waals surface area contributed by atoms with Crippen LogP contribution in [-0.2, 0) is 24.1 Å². The number of carbonyl (C=O) groups is 1. The van der Waals surface area contributed by atoms with Crippen LogP contribution in [0.4, 0.5) is 5.82 Å². The van der Waals surface area contributed by atoms with Crippen molar-refractivity contribution >= 4 is 28.0 Å². The molecule has 0 radical (unpaired) electrons. The third-order valence-corrected chi connectivity index (χ3v) is 7.65. The number of aryl methyl sites for hydroxylation is 2. The molecule has 9 heteroatoms. The number of aromatic nitrogens is 4. The number of anilines is 1. The number of nitrogens with zero attached hydrogens (tertiary/aromatic N) is 6. The molecule has 6 rings (SSSR count). The molecule has 4 aromatic rings. The molecule has 1 saturated heterocycles. The first-order chi connectivity index (χ1) is 16.7. The summed E-state index contributed by atoms with van der Waals surface area (Å²) in [6, 6.07) is 10.1. The topological polar surface area (TPSA) is 75.9 Å².